The van der Waals surface area contributed by atoms with Crippen LogP contribution in [0.1, 0.15) is 34.1 Å². The van der Waals surface area contributed by atoms with Gasteiger partial charge in [0.2, 0.25) is 0 Å². The molecule has 0 amide bonds. The zero-order valence-corrected chi connectivity index (χ0v) is 8.70. The molecule has 11 heavy (non-hydrogen) atoms. The number of allylic oxidation sites excluding steroid dienone is 2. The highest BCUT2D eigenvalue weighted by molar-refractivity contribution is 7.85. The van der Waals surface area contributed by atoms with Gasteiger partial charge in [0.25, 0.3) is 0 Å². The molecule has 1 unspecified atom stereocenters. The summed E-state index contributed by atoms with van der Waals surface area (Å²) in [4.78, 5) is 0. The minimum atomic E-state index is -0.633. The molecule has 0 saturated carbocycles. The fourth-order valence-electron chi connectivity index (χ4n) is 0.699. The topological polar surface area (TPSA) is 17.1 Å². The normalized spacial score (nSPS) is 13.2. The lowest BCUT2D eigenvalue weighted by molar-refractivity contribution is 0.676. The highest BCUT2D eigenvalue weighted by atomic mass is 32.2. The summed E-state index contributed by atoms with van der Waals surface area (Å²) in [5, 5.41) is 0.306. The molecular formula is C9H18OS. The van der Waals surface area contributed by atoms with Crippen LogP contribution in [0.2, 0.25) is 0 Å². The van der Waals surface area contributed by atoms with Gasteiger partial charge in [0.05, 0.1) is 0 Å². The van der Waals surface area contributed by atoms with Crippen molar-refractivity contribution in [2.45, 2.75) is 39.4 Å². The predicted octanol–water partition coefficient (Wildman–Crippen LogP) is 2.50. The number of hydrogen-bond donors (Lipinski definition) is 0. The fraction of sp³-hybridized carbons (Fsp3) is 0.778. The van der Waals surface area contributed by atoms with E-state index in [1.165, 1.54) is 5.57 Å². The maximum absolute atomic E-state index is 11.2. The summed E-state index contributed by atoms with van der Waals surface area (Å²) >= 11 is 0. The monoisotopic (exact) mass is 174 g/mol. The molecule has 0 heterocycles. The maximum Gasteiger partial charge on any atom is 0.0291 e. The molecule has 1 atom stereocenters. The molecule has 0 aromatic heterocycles. The van der Waals surface area contributed by atoms with Crippen LogP contribution < -0.4 is 0 Å². The van der Waals surface area contributed by atoms with Crippen molar-refractivity contribution in [2.75, 3.05) is 5.75 Å². The lowest BCUT2D eigenvalue weighted by atomic mass is 10.3. The van der Waals surface area contributed by atoms with Crippen molar-refractivity contribution in [3.05, 3.63) is 11.6 Å². The van der Waals surface area contributed by atoms with Gasteiger partial charge in [-0.15, -0.1) is 0 Å². The Balaban J connectivity index is 3.56. The quantitative estimate of drug-likeness (QED) is 0.598. The molecule has 0 spiro atoms. The molecule has 0 aliphatic rings. The van der Waals surface area contributed by atoms with Gasteiger partial charge >= 0.3 is 0 Å². The van der Waals surface area contributed by atoms with Crippen LogP contribution in [0.25, 0.3) is 0 Å². The van der Waals surface area contributed by atoms with E-state index in [1.807, 2.05) is 13.8 Å². The van der Waals surface area contributed by atoms with Crippen LogP contribution >= 0.6 is 0 Å². The smallest absolute Gasteiger partial charge is 0.0291 e. The van der Waals surface area contributed by atoms with Gasteiger partial charge in [-0.2, -0.15) is 0 Å². The summed E-state index contributed by atoms with van der Waals surface area (Å²) < 4.78 is 11.2. The maximum atomic E-state index is 11.2. The van der Waals surface area contributed by atoms with Crippen LogP contribution in [0.5, 0.6) is 0 Å². The summed E-state index contributed by atoms with van der Waals surface area (Å²) in [5.74, 6) is 0.808. The van der Waals surface area contributed by atoms with E-state index >= 15 is 0 Å². The summed E-state index contributed by atoms with van der Waals surface area (Å²) in [6, 6.07) is 0. The lowest BCUT2D eigenvalue weighted by Gasteiger charge is -2.02. The molecule has 1 nitrogen and oxygen atoms in total. The van der Waals surface area contributed by atoms with Gasteiger partial charge in [-0.1, -0.05) is 25.5 Å². The largest absolute Gasteiger partial charge is 0.259 e. The molecule has 0 bridgehead atoms. The Bertz CT molecular complexity index is 155. The van der Waals surface area contributed by atoms with Gasteiger partial charge < -0.3 is 0 Å². The zero-order chi connectivity index (χ0) is 8.85. The Kier molecular flexibility index (Phi) is 5.47. The van der Waals surface area contributed by atoms with Gasteiger partial charge in [0.15, 0.2) is 0 Å². The third-order valence-corrected chi connectivity index (χ3v) is 3.09. The third-order valence-electron chi connectivity index (χ3n) is 1.40. The first kappa shape index (κ1) is 10.9. The first-order valence-corrected chi connectivity index (χ1v) is 5.42. The average molecular weight is 174 g/mol. The molecular weight excluding hydrogens is 156 g/mol. The fourth-order valence-corrected chi connectivity index (χ4v) is 1.52. The van der Waals surface area contributed by atoms with E-state index in [0.29, 0.717) is 5.25 Å². The number of hydrogen-bond acceptors (Lipinski definition) is 1. The van der Waals surface area contributed by atoms with Gasteiger partial charge in [-0.05, 0) is 20.3 Å². The van der Waals surface area contributed by atoms with Crippen LogP contribution in [0.4, 0.5) is 0 Å². The van der Waals surface area contributed by atoms with Crippen molar-refractivity contribution in [1.82, 2.24) is 0 Å². The first-order chi connectivity index (χ1) is 5.04. The van der Waals surface area contributed by atoms with Crippen molar-refractivity contribution in [2.24, 2.45) is 0 Å². The molecule has 0 fully saturated rings. The van der Waals surface area contributed by atoms with E-state index in [9.17, 15) is 4.21 Å². The van der Waals surface area contributed by atoms with E-state index in [4.69, 9.17) is 0 Å². The van der Waals surface area contributed by atoms with Crippen molar-refractivity contribution < 1.29 is 4.21 Å². The Morgan fingerprint density at radius 2 is 2.00 bits per heavy atom. The standard InChI is InChI=1S/C9H18OS/c1-8(2)6-5-7-11(10)9(3)4/h6,9H,5,7H2,1-4H3. The molecule has 2 heteroatoms. The van der Waals surface area contributed by atoms with Crippen LogP contribution in [-0.4, -0.2) is 15.2 Å². The Morgan fingerprint density at radius 3 is 2.36 bits per heavy atom. The molecule has 0 aliphatic heterocycles. The van der Waals surface area contributed by atoms with Crippen LogP contribution in [-0.2, 0) is 10.8 Å². The zero-order valence-electron chi connectivity index (χ0n) is 7.89. The van der Waals surface area contributed by atoms with Gasteiger partial charge in [-0.3, -0.25) is 4.21 Å². The second kappa shape index (κ2) is 5.53. The molecule has 0 aliphatic carbocycles. The second-order valence-electron chi connectivity index (χ2n) is 3.20. The lowest BCUT2D eigenvalue weighted by Crippen LogP contribution is -2.08. The van der Waals surface area contributed by atoms with E-state index < -0.39 is 10.8 Å². The average Bonchev–Trinajstić information content (AvgIpc) is 1.86. The predicted molar refractivity (Wildman–Crippen MR) is 52.2 cm³/mol. The Morgan fingerprint density at radius 1 is 1.45 bits per heavy atom. The van der Waals surface area contributed by atoms with Crippen molar-refractivity contribution >= 4 is 10.8 Å². The molecule has 0 N–H and O–H groups in total. The molecule has 66 valence electrons. The Labute approximate surface area is 72.3 Å². The molecule has 0 aromatic rings. The molecule has 0 rings (SSSR count). The number of rotatable bonds is 4. The van der Waals surface area contributed by atoms with E-state index in [-0.39, 0.29) is 0 Å². The molecule has 0 aromatic carbocycles. The van der Waals surface area contributed by atoms with E-state index in [1.54, 1.807) is 0 Å². The minimum absolute atomic E-state index is 0.306. The summed E-state index contributed by atoms with van der Waals surface area (Å²) in [5.41, 5.74) is 1.31. The minimum Gasteiger partial charge on any atom is -0.259 e. The van der Waals surface area contributed by atoms with Crippen LogP contribution in [0, 0.1) is 0 Å². The van der Waals surface area contributed by atoms with Gasteiger partial charge in [0, 0.05) is 21.8 Å². The summed E-state index contributed by atoms with van der Waals surface area (Å²) in [6.07, 6.45) is 3.09. The van der Waals surface area contributed by atoms with Crippen molar-refractivity contribution in [3.8, 4) is 0 Å². The van der Waals surface area contributed by atoms with Gasteiger partial charge in [-0.25, -0.2) is 0 Å². The van der Waals surface area contributed by atoms with Crippen molar-refractivity contribution in [1.29, 1.82) is 0 Å². The summed E-state index contributed by atoms with van der Waals surface area (Å²) in [7, 11) is -0.633. The van der Waals surface area contributed by atoms with Crippen LogP contribution in [0.15, 0.2) is 11.6 Å². The third kappa shape index (κ3) is 6.29. The molecule has 0 radical (unpaired) electrons. The summed E-state index contributed by atoms with van der Waals surface area (Å²) in [6.45, 7) is 8.13. The Hall–Kier alpha value is -0.110. The SMILES string of the molecule is CC(C)=CCCS(=O)C(C)C. The van der Waals surface area contributed by atoms with Gasteiger partial charge in [0.1, 0.15) is 0 Å². The first-order valence-electron chi connectivity index (χ1n) is 4.04. The second-order valence-corrected chi connectivity index (χ2v) is 5.32. The highest BCUT2D eigenvalue weighted by Gasteiger charge is 2.02. The van der Waals surface area contributed by atoms with Crippen molar-refractivity contribution in [3.63, 3.8) is 0 Å². The molecule has 0 saturated heterocycles. The highest BCUT2D eigenvalue weighted by Crippen LogP contribution is 1.99. The van der Waals surface area contributed by atoms with Crippen LogP contribution in [0.3, 0.4) is 0 Å². The van der Waals surface area contributed by atoms with E-state index in [0.717, 1.165) is 12.2 Å². The van der Waals surface area contributed by atoms with E-state index in [2.05, 4.69) is 19.9 Å².